The third-order valence-electron chi connectivity index (χ3n) is 3.24. The zero-order valence-corrected chi connectivity index (χ0v) is 11.6. The number of nitrogen functional groups attached to an aromatic ring is 1. The van der Waals surface area contributed by atoms with E-state index in [-0.39, 0.29) is 5.56 Å². The molecule has 0 bridgehead atoms. The van der Waals surface area contributed by atoms with E-state index in [2.05, 4.69) is 18.3 Å². The first-order valence-corrected chi connectivity index (χ1v) is 6.50. The molecule has 4 heteroatoms. The first-order chi connectivity index (χ1) is 9.51. The van der Waals surface area contributed by atoms with Crippen molar-refractivity contribution in [2.45, 2.75) is 20.3 Å². The quantitative estimate of drug-likeness (QED) is 0.742. The second-order valence-electron chi connectivity index (χ2n) is 4.74. The van der Waals surface area contributed by atoms with Gasteiger partial charge in [-0.3, -0.25) is 0 Å². The van der Waals surface area contributed by atoms with E-state index in [1.54, 1.807) is 13.0 Å². The third-order valence-corrected chi connectivity index (χ3v) is 3.24. The number of anilines is 3. The molecular weight excluding hydrogens is 252 g/mol. The number of hydrogen-bond donors (Lipinski definition) is 3. The summed E-state index contributed by atoms with van der Waals surface area (Å²) in [4.78, 5) is 11.2. The highest BCUT2D eigenvalue weighted by Gasteiger charge is 2.11. The van der Waals surface area contributed by atoms with E-state index < -0.39 is 5.97 Å². The van der Waals surface area contributed by atoms with E-state index in [1.165, 1.54) is 5.56 Å². The Bertz CT molecular complexity index is 651. The molecule has 0 heterocycles. The molecular formula is C16H18N2O2. The van der Waals surface area contributed by atoms with Crippen LogP contribution in [0.3, 0.4) is 0 Å². The molecule has 2 rings (SSSR count). The largest absolute Gasteiger partial charge is 0.478 e. The van der Waals surface area contributed by atoms with E-state index in [9.17, 15) is 4.79 Å². The molecule has 0 saturated carbocycles. The highest BCUT2D eigenvalue weighted by Crippen LogP contribution is 2.25. The molecule has 0 aliphatic heterocycles. The van der Waals surface area contributed by atoms with Crippen LogP contribution in [0.5, 0.6) is 0 Å². The molecule has 0 amide bonds. The van der Waals surface area contributed by atoms with Crippen molar-refractivity contribution >= 4 is 23.0 Å². The summed E-state index contributed by atoms with van der Waals surface area (Å²) in [5.74, 6) is -1.02. The molecule has 0 radical (unpaired) electrons. The van der Waals surface area contributed by atoms with Gasteiger partial charge in [-0.2, -0.15) is 0 Å². The number of hydrogen-bond acceptors (Lipinski definition) is 3. The van der Waals surface area contributed by atoms with E-state index in [0.29, 0.717) is 5.69 Å². The summed E-state index contributed by atoms with van der Waals surface area (Å²) in [6.45, 7) is 3.89. The summed E-state index contributed by atoms with van der Waals surface area (Å²) in [7, 11) is 0. The van der Waals surface area contributed by atoms with Crippen molar-refractivity contribution in [3.8, 4) is 0 Å². The molecule has 2 aromatic rings. The second kappa shape index (κ2) is 5.65. The van der Waals surface area contributed by atoms with E-state index in [1.807, 2.05) is 24.3 Å². The van der Waals surface area contributed by atoms with Gasteiger partial charge in [0.15, 0.2) is 0 Å². The van der Waals surface area contributed by atoms with Gasteiger partial charge in [-0.1, -0.05) is 19.1 Å². The van der Waals surface area contributed by atoms with Crippen molar-refractivity contribution in [2.75, 3.05) is 11.1 Å². The minimum absolute atomic E-state index is 0.124. The van der Waals surface area contributed by atoms with Crippen molar-refractivity contribution < 1.29 is 9.90 Å². The van der Waals surface area contributed by atoms with Gasteiger partial charge in [-0.05, 0) is 48.7 Å². The zero-order chi connectivity index (χ0) is 14.7. The van der Waals surface area contributed by atoms with Gasteiger partial charge in [0.05, 0.1) is 5.56 Å². The Hall–Kier alpha value is -2.49. The fraction of sp³-hybridized carbons (Fsp3) is 0.188. The predicted molar refractivity (Wildman–Crippen MR) is 81.7 cm³/mol. The van der Waals surface area contributed by atoms with Gasteiger partial charge >= 0.3 is 5.97 Å². The van der Waals surface area contributed by atoms with Gasteiger partial charge in [-0.25, -0.2) is 4.79 Å². The van der Waals surface area contributed by atoms with Crippen LogP contribution in [-0.4, -0.2) is 11.1 Å². The second-order valence-corrected chi connectivity index (χ2v) is 4.74. The van der Waals surface area contributed by atoms with Crippen LogP contribution in [0.1, 0.15) is 28.4 Å². The Labute approximate surface area is 118 Å². The summed E-state index contributed by atoms with van der Waals surface area (Å²) >= 11 is 0. The van der Waals surface area contributed by atoms with E-state index in [0.717, 1.165) is 23.4 Å². The van der Waals surface area contributed by atoms with E-state index in [4.69, 9.17) is 10.8 Å². The predicted octanol–water partition coefficient (Wildman–Crippen LogP) is 3.58. The number of carboxylic acid groups (broad SMARTS) is 1. The molecule has 0 spiro atoms. The topological polar surface area (TPSA) is 75.3 Å². The normalized spacial score (nSPS) is 10.3. The first kappa shape index (κ1) is 13.9. The highest BCUT2D eigenvalue weighted by molar-refractivity contribution is 5.96. The molecule has 0 aromatic heterocycles. The molecule has 0 unspecified atom stereocenters. The number of aryl methyl sites for hydroxylation is 2. The Morgan fingerprint density at radius 2 is 2.00 bits per heavy atom. The number of nitrogens with one attached hydrogen (secondary N) is 1. The molecule has 0 saturated heterocycles. The molecule has 4 N–H and O–H groups in total. The molecule has 0 aliphatic rings. The van der Waals surface area contributed by atoms with Crippen LogP contribution in [0, 0.1) is 6.92 Å². The maximum Gasteiger partial charge on any atom is 0.337 e. The molecule has 20 heavy (non-hydrogen) atoms. The van der Waals surface area contributed by atoms with Crippen molar-refractivity contribution in [3.63, 3.8) is 0 Å². The number of rotatable bonds is 4. The number of carbonyl (C=O) groups is 1. The van der Waals surface area contributed by atoms with Crippen LogP contribution in [0.15, 0.2) is 36.4 Å². The minimum atomic E-state index is -1.02. The number of aromatic carboxylic acids is 1. The SMILES string of the molecule is CCc1cccc(Nc2cc(C)c(N)c(C(=O)O)c2)c1. The molecule has 0 aliphatic carbocycles. The van der Waals surface area contributed by atoms with Gasteiger partial charge in [0.1, 0.15) is 0 Å². The summed E-state index contributed by atoms with van der Waals surface area (Å²) in [5.41, 5.74) is 9.85. The highest BCUT2D eigenvalue weighted by atomic mass is 16.4. The Morgan fingerprint density at radius 1 is 1.25 bits per heavy atom. The fourth-order valence-electron chi connectivity index (χ4n) is 2.08. The Kier molecular flexibility index (Phi) is 3.94. The molecule has 0 atom stereocenters. The van der Waals surface area contributed by atoms with Gasteiger partial charge in [-0.15, -0.1) is 0 Å². The lowest BCUT2D eigenvalue weighted by Gasteiger charge is -2.12. The van der Waals surface area contributed by atoms with Crippen LogP contribution in [-0.2, 0) is 6.42 Å². The van der Waals surface area contributed by atoms with Gasteiger partial charge in [0, 0.05) is 17.1 Å². The van der Waals surface area contributed by atoms with Crippen molar-refractivity contribution in [1.82, 2.24) is 0 Å². The van der Waals surface area contributed by atoms with Gasteiger partial charge < -0.3 is 16.2 Å². The average Bonchev–Trinajstić information content (AvgIpc) is 2.42. The monoisotopic (exact) mass is 270 g/mol. The third kappa shape index (κ3) is 2.91. The maximum atomic E-state index is 11.2. The van der Waals surface area contributed by atoms with Crippen LogP contribution in [0.2, 0.25) is 0 Å². The first-order valence-electron chi connectivity index (χ1n) is 6.50. The van der Waals surface area contributed by atoms with Crippen LogP contribution in [0.4, 0.5) is 17.1 Å². The lowest BCUT2D eigenvalue weighted by atomic mass is 10.1. The zero-order valence-electron chi connectivity index (χ0n) is 11.6. The molecule has 0 fully saturated rings. The minimum Gasteiger partial charge on any atom is -0.478 e. The van der Waals surface area contributed by atoms with Crippen LogP contribution in [0.25, 0.3) is 0 Å². The van der Waals surface area contributed by atoms with Crippen molar-refractivity contribution in [2.24, 2.45) is 0 Å². The molecule has 4 nitrogen and oxygen atoms in total. The number of carboxylic acids is 1. The lowest BCUT2D eigenvalue weighted by Crippen LogP contribution is -2.05. The summed E-state index contributed by atoms with van der Waals surface area (Å²) in [6, 6.07) is 11.4. The van der Waals surface area contributed by atoms with Crippen molar-refractivity contribution in [1.29, 1.82) is 0 Å². The number of nitrogens with two attached hydrogens (primary N) is 1. The molecule has 104 valence electrons. The smallest absolute Gasteiger partial charge is 0.337 e. The Morgan fingerprint density at radius 3 is 2.65 bits per heavy atom. The van der Waals surface area contributed by atoms with Crippen molar-refractivity contribution in [3.05, 3.63) is 53.1 Å². The van der Waals surface area contributed by atoms with Gasteiger partial charge in [0.2, 0.25) is 0 Å². The summed E-state index contributed by atoms with van der Waals surface area (Å²) in [6.07, 6.45) is 0.955. The average molecular weight is 270 g/mol. The standard InChI is InChI=1S/C16H18N2O2/c1-3-11-5-4-6-12(8-11)18-13-7-10(2)15(17)14(9-13)16(19)20/h4-9,18H,3,17H2,1-2H3,(H,19,20). The summed E-state index contributed by atoms with van der Waals surface area (Å²) in [5, 5.41) is 12.4. The van der Waals surface area contributed by atoms with Crippen LogP contribution >= 0.6 is 0 Å². The maximum absolute atomic E-state index is 11.2. The molecule has 2 aromatic carbocycles. The Balaban J connectivity index is 2.36. The summed E-state index contributed by atoms with van der Waals surface area (Å²) < 4.78 is 0. The number of benzene rings is 2. The fourth-order valence-corrected chi connectivity index (χ4v) is 2.08. The lowest BCUT2D eigenvalue weighted by molar-refractivity contribution is 0.0698. The van der Waals surface area contributed by atoms with E-state index >= 15 is 0 Å². The van der Waals surface area contributed by atoms with Gasteiger partial charge in [0.25, 0.3) is 0 Å². The van der Waals surface area contributed by atoms with Crippen LogP contribution < -0.4 is 11.1 Å².